The molecule has 7 nitrogen and oxygen atoms in total. The third kappa shape index (κ3) is 8.96. The van der Waals surface area contributed by atoms with Crippen molar-refractivity contribution in [3.63, 3.8) is 0 Å². The molecule has 15 heavy (non-hydrogen) atoms. The minimum atomic E-state index is -4.57. The number of aliphatic hydroxyl groups is 1. The van der Waals surface area contributed by atoms with Gasteiger partial charge in [-0.05, 0) is 12.5 Å². The van der Waals surface area contributed by atoms with E-state index in [0.29, 0.717) is 5.57 Å². The summed E-state index contributed by atoms with van der Waals surface area (Å²) in [5.41, 5.74) is 0.533. The molecule has 0 aliphatic heterocycles. The van der Waals surface area contributed by atoms with Gasteiger partial charge < -0.3 is 24.3 Å². The quantitative estimate of drug-likeness (QED) is 0.399. The van der Waals surface area contributed by atoms with Gasteiger partial charge in [-0.25, -0.2) is 0 Å². The fourth-order valence-corrected chi connectivity index (χ4v) is 3.13. The molecule has 0 fully saturated rings. The van der Waals surface area contributed by atoms with Gasteiger partial charge >= 0.3 is 15.2 Å². The van der Waals surface area contributed by atoms with Crippen LogP contribution in [0.1, 0.15) is 6.92 Å². The van der Waals surface area contributed by atoms with E-state index in [-0.39, 0.29) is 13.2 Å². The first-order valence-corrected chi connectivity index (χ1v) is 7.50. The number of aliphatic hydroxyl groups excluding tert-OH is 1. The predicted molar refractivity (Wildman–Crippen MR) is 53.5 cm³/mol. The van der Waals surface area contributed by atoms with Crippen molar-refractivity contribution in [3.8, 4) is 0 Å². The minimum absolute atomic E-state index is 0.211. The summed E-state index contributed by atoms with van der Waals surface area (Å²) in [5, 5.41) is 8.57. The molecular formula is C6H14O7P2. The minimum Gasteiger partial charge on any atom is -0.392 e. The Hall–Kier alpha value is -0.0000000000000000694. The first-order chi connectivity index (χ1) is 6.66. The lowest BCUT2D eigenvalue weighted by molar-refractivity contribution is 0.284. The Balaban J connectivity index is 4.18. The van der Waals surface area contributed by atoms with Gasteiger partial charge in [0, 0.05) is 0 Å². The molecular weight excluding hydrogens is 246 g/mol. The number of hydrogen-bond acceptors (Lipinski definition) is 4. The normalized spacial score (nSPS) is 17.5. The Labute approximate surface area is 87.1 Å². The van der Waals surface area contributed by atoms with Crippen molar-refractivity contribution >= 4 is 15.2 Å². The summed E-state index contributed by atoms with van der Waals surface area (Å²) >= 11 is 0. The summed E-state index contributed by atoms with van der Waals surface area (Å²) in [6.45, 7) is 1.09. The first-order valence-electron chi connectivity index (χ1n) is 3.94. The van der Waals surface area contributed by atoms with E-state index >= 15 is 0 Å². The van der Waals surface area contributed by atoms with E-state index in [1.165, 1.54) is 6.08 Å². The lowest BCUT2D eigenvalue weighted by Crippen LogP contribution is -1.97. The van der Waals surface area contributed by atoms with E-state index in [2.05, 4.69) is 4.52 Å². The zero-order chi connectivity index (χ0) is 12.1. The Bertz CT molecular complexity index is 317. The van der Waals surface area contributed by atoms with Crippen molar-refractivity contribution in [2.75, 3.05) is 19.1 Å². The molecule has 0 radical (unpaired) electrons. The van der Waals surface area contributed by atoms with Crippen molar-refractivity contribution in [1.82, 2.24) is 0 Å². The summed E-state index contributed by atoms with van der Waals surface area (Å²) in [6.07, 6.45) is 1.35. The van der Waals surface area contributed by atoms with Crippen LogP contribution < -0.4 is 0 Å². The van der Waals surface area contributed by atoms with Crippen LogP contribution >= 0.6 is 15.2 Å². The molecule has 0 heterocycles. The molecule has 9 heteroatoms. The molecule has 0 aliphatic rings. The van der Waals surface area contributed by atoms with E-state index in [1.807, 2.05) is 0 Å². The highest BCUT2D eigenvalue weighted by atomic mass is 31.2. The van der Waals surface area contributed by atoms with Crippen LogP contribution in [-0.2, 0) is 13.7 Å². The van der Waals surface area contributed by atoms with Crippen molar-refractivity contribution < 1.29 is 33.4 Å². The molecule has 0 aromatic rings. The summed E-state index contributed by atoms with van der Waals surface area (Å²) in [7, 11) is -8.84. The molecule has 0 aliphatic carbocycles. The number of hydrogen-bond donors (Lipinski definition) is 4. The molecule has 0 spiro atoms. The van der Waals surface area contributed by atoms with Gasteiger partial charge in [0.05, 0.1) is 13.2 Å². The third-order valence-electron chi connectivity index (χ3n) is 1.32. The van der Waals surface area contributed by atoms with Crippen molar-refractivity contribution in [3.05, 3.63) is 11.6 Å². The van der Waals surface area contributed by atoms with E-state index < -0.39 is 21.1 Å². The Morgan fingerprint density at radius 1 is 1.33 bits per heavy atom. The van der Waals surface area contributed by atoms with E-state index in [9.17, 15) is 9.13 Å². The Morgan fingerprint density at radius 3 is 2.27 bits per heavy atom. The molecule has 0 rings (SSSR count). The lowest BCUT2D eigenvalue weighted by atomic mass is 10.3. The second-order valence-corrected chi connectivity index (χ2v) is 6.94. The molecule has 0 amide bonds. The lowest BCUT2D eigenvalue weighted by Gasteiger charge is -2.11. The SMILES string of the molecule is CC(=CCOP(=O)(O)CP(=O)(O)O)CO. The summed E-state index contributed by atoms with van der Waals surface area (Å²) in [5.74, 6) is -1.20. The maximum atomic E-state index is 11.0. The Morgan fingerprint density at radius 2 is 1.87 bits per heavy atom. The average Bonchev–Trinajstić information content (AvgIpc) is 1.98. The third-order valence-corrected chi connectivity index (χ3v) is 4.78. The molecule has 4 N–H and O–H groups in total. The summed E-state index contributed by atoms with van der Waals surface area (Å²) in [6, 6.07) is 0. The van der Waals surface area contributed by atoms with Crippen LogP contribution in [-0.4, -0.2) is 38.9 Å². The maximum absolute atomic E-state index is 11.0. The second-order valence-electron chi connectivity index (χ2n) is 2.95. The van der Waals surface area contributed by atoms with Crippen LogP contribution in [0.25, 0.3) is 0 Å². The average molecular weight is 260 g/mol. The molecule has 90 valence electrons. The fraction of sp³-hybridized carbons (Fsp3) is 0.667. The number of rotatable bonds is 6. The van der Waals surface area contributed by atoms with Gasteiger partial charge in [-0.15, -0.1) is 0 Å². The van der Waals surface area contributed by atoms with E-state index in [4.69, 9.17) is 19.8 Å². The zero-order valence-electron chi connectivity index (χ0n) is 8.11. The second kappa shape index (κ2) is 5.92. The highest BCUT2D eigenvalue weighted by Gasteiger charge is 2.30. The van der Waals surface area contributed by atoms with Crippen molar-refractivity contribution in [2.45, 2.75) is 6.92 Å². The fourth-order valence-electron chi connectivity index (χ4n) is 0.634. The molecule has 1 unspecified atom stereocenters. The predicted octanol–water partition coefficient (Wildman–Crippen LogP) is 0.262. The van der Waals surface area contributed by atoms with Crippen LogP contribution in [0.3, 0.4) is 0 Å². The zero-order valence-corrected chi connectivity index (χ0v) is 9.90. The highest BCUT2D eigenvalue weighted by Crippen LogP contribution is 2.55. The molecule has 1 atom stereocenters. The van der Waals surface area contributed by atoms with Gasteiger partial charge in [0.1, 0.15) is 0 Å². The molecule has 0 saturated carbocycles. The molecule has 0 aromatic carbocycles. The van der Waals surface area contributed by atoms with Gasteiger partial charge in [-0.3, -0.25) is 9.13 Å². The van der Waals surface area contributed by atoms with Crippen LogP contribution in [0.15, 0.2) is 11.6 Å². The molecule has 0 aromatic heterocycles. The summed E-state index contributed by atoms with van der Waals surface area (Å²) < 4.78 is 25.9. The standard InChI is InChI=1S/C6H14O7P2/c1-6(4-7)2-3-13-15(11,12)5-14(8,9)10/h2,7H,3-5H2,1H3,(H,11,12)(H2,8,9,10). The van der Waals surface area contributed by atoms with Crippen LogP contribution in [0.5, 0.6) is 0 Å². The van der Waals surface area contributed by atoms with Gasteiger partial charge in [-0.2, -0.15) is 0 Å². The van der Waals surface area contributed by atoms with Crippen LogP contribution in [0, 0.1) is 0 Å². The smallest absolute Gasteiger partial charge is 0.340 e. The van der Waals surface area contributed by atoms with Gasteiger partial charge in [0.2, 0.25) is 0 Å². The summed E-state index contributed by atoms with van der Waals surface area (Å²) in [4.78, 5) is 25.9. The molecule has 0 saturated heterocycles. The van der Waals surface area contributed by atoms with Gasteiger partial charge in [-0.1, -0.05) is 6.08 Å². The van der Waals surface area contributed by atoms with Crippen LogP contribution in [0.2, 0.25) is 0 Å². The van der Waals surface area contributed by atoms with E-state index in [1.54, 1.807) is 6.92 Å². The Kier molecular flexibility index (Phi) is 5.92. The van der Waals surface area contributed by atoms with Gasteiger partial charge in [0.25, 0.3) is 0 Å². The first kappa shape index (κ1) is 15.0. The van der Waals surface area contributed by atoms with Crippen LogP contribution in [0.4, 0.5) is 0 Å². The maximum Gasteiger partial charge on any atom is 0.340 e. The monoisotopic (exact) mass is 260 g/mol. The van der Waals surface area contributed by atoms with Crippen molar-refractivity contribution in [2.24, 2.45) is 0 Å². The van der Waals surface area contributed by atoms with E-state index in [0.717, 1.165) is 0 Å². The molecule has 0 bridgehead atoms. The van der Waals surface area contributed by atoms with Gasteiger partial charge in [0.15, 0.2) is 5.90 Å². The largest absolute Gasteiger partial charge is 0.392 e. The topological polar surface area (TPSA) is 124 Å². The van der Waals surface area contributed by atoms with Crippen molar-refractivity contribution in [1.29, 1.82) is 0 Å². The highest BCUT2D eigenvalue weighted by molar-refractivity contribution is 7.70.